The van der Waals surface area contributed by atoms with Crippen molar-refractivity contribution in [1.29, 1.82) is 0 Å². The van der Waals surface area contributed by atoms with E-state index >= 15 is 0 Å². The first-order valence-corrected chi connectivity index (χ1v) is 6.82. The topological polar surface area (TPSA) is 97.0 Å². The lowest BCUT2D eigenvalue weighted by molar-refractivity contribution is 0.0466. The van der Waals surface area contributed by atoms with Crippen LogP contribution >= 0.6 is 0 Å². The van der Waals surface area contributed by atoms with Crippen LogP contribution in [-0.2, 0) is 11.2 Å². The maximum atomic E-state index is 12.1. The zero-order valence-electron chi connectivity index (χ0n) is 12.0. The number of phenolic OH excluding ortho intramolecular Hbond substituents is 2. The van der Waals surface area contributed by atoms with Gasteiger partial charge in [-0.25, -0.2) is 4.79 Å². The monoisotopic (exact) mass is 304 g/mol. The molecule has 1 aromatic heterocycles. The molecular weight excluding hydrogens is 288 g/mol. The molecule has 2 aromatic rings. The lowest BCUT2D eigenvalue weighted by Gasteiger charge is -2.02. The zero-order valence-corrected chi connectivity index (χ0v) is 12.0. The van der Waals surface area contributed by atoms with Gasteiger partial charge in [-0.15, -0.1) is 0 Å². The Bertz CT molecular complexity index is 686. The predicted octanol–water partition coefficient (Wildman–Crippen LogP) is 2.68. The van der Waals surface area contributed by atoms with E-state index in [-0.39, 0.29) is 35.0 Å². The van der Waals surface area contributed by atoms with E-state index in [2.05, 4.69) is 0 Å². The van der Waals surface area contributed by atoms with Gasteiger partial charge in [0.15, 0.2) is 17.3 Å². The van der Waals surface area contributed by atoms with Gasteiger partial charge in [0, 0.05) is 5.56 Å². The molecule has 0 saturated carbocycles. The number of hydrogen-bond donors (Lipinski definition) is 2. The van der Waals surface area contributed by atoms with Crippen molar-refractivity contribution in [3.63, 3.8) is 0 Å². The summed E-state index contributed by atoms with van der Waals surface area (Å²) >= 11 is 0. The molecule has 2 rings (SSSR count). The molecule has 0 atom stereocenters. The molecule has 0 fully saturated rings. The highest BCUT2D eigenvalue weighted by Crippen LogP contribution is 2.25. The molecule has 22 heavy (non-hydrogen) atoms. The van der Waals surface area contributed by atoms with Crippen molar-refractivity contribution in [1.82, 2.24) is 0 Å². The molecule has 0 radical (unpaired) electrons. The fourth-order valence-electron chi connectivity index (χ4n) is 1.81. The molecular formula is C16H16O6. The quantitative estimate of drug-likeness (QED) is 0.484. The van der Waals surface area contributed by atoms with Crippen LogP contribution in [0.3, 0.4) is 0 Å². The van der Waals surface area contributed by atoms with E-state index in [9.17, 15) is 19.8 Å². The maximum Gasteiger partial charge on any atom is 0.374 e. The number of aromatic hydroxyl groups is 2. The second kappa shape index (κ2) is 6.80. The van der Waals surface area contributed by atoms with E-state index in [1.165, 1.54) is 30.3 Å². The highest BCUT2D eigenvalue weighted by molar-refractivity contribution is 5.98. The molecule has 0 saturated heterocycles. The highest BCUT2D eigenvalue weighted by atomic mass is 16.5. The van der Waals surface area contributed by atoms with Crippen LogP contribution in [0.4, 0.5) is 0 Å². The first-order chi connectivity index (χ1) is 10.5. The molecule has 0 spiro atoms. The van der Waals surface area contributed by atoms with Crippen molar-refractivity contribution in [2.75, 3.05) is 6.61 Å². The van der Waals surface area contributed by atoms with Gasteiger partial charge in [-0.1, -0.05) is 6.92 Å². The van der Waals surface area contributed by atoms with Gasteiger partial charge in [0.1, 0.15) is 5.76 Å². The highest BCUT2D eigenvalue weighted by Gasteiger charge is 2.16. The minimum absolute atomic E-state index is 0.0461. The van der Waals surface area contributed by atoms with Gasteiger partial charge in [0.25, 0.3) is 0 Å². The van der Waals surface area contributed by atoms with Crippen LogP contribution in [0.25, 0.3) is 0 Å². The first kappa shape index (κ1) is 15.6. The number of phenols is 2. The molecule has 0 bridgehead atoms. The van der Waals surface area contributed by atoms with Crippen molar-refractivity contribution in [3.05, 3.63) is 47.4 Å². The smallest absolute Gasteiger partial charge is 0.374 e. The summed E-state index contributed by atoms with van der Waals surface area (Å²) in [6.07, 6.45) is 0.646. The van der Waals surface area contributed by atoms with Gasteiger partial charge in [0.05, 0.1) is 13.0 Å². The summed E-state index contributed by atoms with van der Waals surface area (Å²) in [6, 6.07) is 6.79. The number of carbonyl (C=O) groups excluding carboxylic acids is 2. The van der Waals surface area contributed by atoms with E-state index in [0.717, 1.165) is 0 Å². The molecule has 1 aromatic carbocycles. The summed E-state index contributed by atoms with van der Waals surface area (Å²) in [7, 11) is 0. The van der Waals surface area contributed by atoms with E-state index in [1.54, 1.807) is 0 Å². The summed E-state index contributed by atoms with van der Waals surface area (Å²) in [5, 5.41) is 18.6. The number of carbonyl (C=O) groups is 2. The van der Waals surface area contributed by atoms with E-state index in [4.69, 9.17) is 9.15 Å². The fraction of sp³-hybridized carbons (Fsp3) is 0.250. The Labute approximate surface area is 126 Å². The second-order valence-electron chi connectivity index (χ2n) is 4.71. The Kier molecular flexibility index (Phi) is 4.83. The molecule has 6 heteroatoms. The standard InChI is InChI=1S/C16H16O6/c1-2-7-21-16(20)15-6-4-11(22-15)9-13(18)10-3-5-12(17)14(19)8-10/h3-6,8,17,19H,2,7,9H2,1H3. The minimum atomic E-state index is -0.567. The molecule has 1 heterocycles. The van der Waals surface area contributed by atoms with Crippen LogP contribution in [0.5, 0.6) is 11.5 Å². The molecule has 0 aliphatic rings. The van der Waals surface area contributed by atoms with Crippen LogP contribution in [0.15, 0.2) is 34.7 Å². The van der Waals surface area contributed by atoms with Gasteiger partial charge in [0.2, 0.25) is 5.76 Å². The number of benzene rings is 1. The average molecular weight is 304 g/mol. The van der Waals surface area contributed by atoms with Crippen LogP contribution in [0, 0.1) is 0 Å². The largest absolute Gasteiger partial charge is 0.504 e. The normalized spacial score (nSPS) is 10.4. The van der Waals surface area contributed by atoms with Crippen molar-refractivity contribution in [3.8, 4) is 11.5 Å². The molecule has 2 N–H and O–H groups in total. The Morgan fingerprint density at radius 2 is 1.91 bits per heavy atom. The third-order valence-electron chi connectivity index (χ3n) is 2.93. The summed E-state index contributed by atoms with van der Waals surface area (Å²) in [4.78, 5) is 23.7. The van der Waals surface area contributed by atoms with Gasteiger partial charge >= 0.3 is 5.97 Å². The van der Waals surface area contributed by atoms with E-state index in [1.807, 2.05) is 6.92 Å². The van der Waals surface area contributed by atoms with Crippen molar-refractivity contribution < 1.29 is 29.0 Å². The number of Topliss-reactive ketones (excluding diaryl/α,β-unsaturated/α-hetero) is 1. The zero-order chi connectivity index (χ0) is 16.1. The van der Waals surface area contributed by atoms with Crippen LogP contribution in [0.2, 0.25) is 0 Å². The number of furan rings is 1. The summed E-state index contributed by atoms with van der Waals surface area (Å²) < 4.78 is 10.2. The van der Waals surface area contributed by atoms with Crippen molar-refractivity contribution in [2.45, 2.75) is 19.8 Å². The van der Waals surface area contributed by atoms with E-state index in [0.29, 0.717) is 18.8 Å². The van der Waals surface area contributed by atoms with Crippen molar-refractivity contribution in [2.24, 2.45) is 0 Å². The molecule has 0 aliphatic carbocycles. The second-order valence-corrected chi connectivity index (χ2v) is 4.71. The van der Waals surface area contributed by atoms with Gasteiger partial charge in [-0.2, -0.15) is 0 Å². The lowest BCUT2D eigenvalue weighted by Crippen LogP contribution is -2.05. The Morgan fingerprint density at radius 1 is 1.14 bits per heavy atom. The Morgan fingerprint density at radius 3 is 2.59 bits per heavy atom. The molecule has 6 nitrogen and oxygen atoms in total. The summed E-state index contributed by atoms with van der Waals surface area (Å²) in [5.74, 6) is -1.17. The van der Waals surface area contributed by atoms with Crippen molar-refractivity contribution >= 4 is 11.8 Å². The van der Waals surface area contributed by atoms with Gasteiger partial charge in [-0.3, -0.25) is 4.79 Å². The minimum Gasteiger partial charge on any atom is -0.504 e. The van der Waals surface area contributed by atoms with E-state index < -0.39 is 5.97 Å². The van der Waals surface area contributed by atoms with Gasteiger partial charge in [-0.05, 0) is 36.8 Å². The summed E-state index contributed by atoms with van der Waals surface area (Å²) in [6.45, 7) is 2.19. The molecule has 0 amide bonds. The Balaban J connectivity index is 2.04. The number of ether oxygens (including phenoxy) is 1. The third-order valence-corrected chi connectivity index (χ3v) is 2.93. The first-order valence-electron chi connectivity index (χ1n) is 6.82. The summed E-state index contributed by atoms with van der Waals surface area (Å²) in [5.41, 5.74) is 0.238. The van der Waals surface area contributed by atoms with Crippen LogP contribution in [0.1, 0.15) is 40.0 Å². The average Bonchev–Trinajstić information content (AvgIpc) is 2.96. The predicted molar refractivity (Wildman–Crippen MR) is 77.1 cm³/mol. The number of ketones is 1. The Hall–Kier alpha value is -2.76. The molecule has 0 unspecified atom stereocenters. The van der Waals surface area contributed by atoms with Gasteiger partial charge < -0.3 is 19.4 Å². The SMILES string of the molecule is CCCOC(=O)c1ccc(CC(=O)c2ccc(O)c(O)c2)o1. The van der Waals surface area contributed by atoms with Crippen LogP contribution < -0.4 is 0 Å². The number of esters is 1. The van der Waals surface area contributed by atoms with Crippen LogP contribution in [-0.4, -0.2) is 28.6 Å². The number of rotatable bonds is 6. The third kappa shape index (κ3) is 3.66. The number of hydrogen-bond acceptors (Lipinski definition) is 6. The maximum absolute atomic E-state index is 12.1. The lowest BCUT2D eigenvalue weighted by atomic mass is 10.1. The fourth-order valence-corrected chi connectivity index (χ4v) is 1.81. The molecule has 0 aliphatic heterocycles. The molecule has 116 valence electrons.